The molecule has 0 atom stereocenters. The minimum atomic E-state index is 0.355. The highest BCUT2D eigenvalue weighted by Crippen LogP contribution is 2.16. The van der Waals surface area contributed by atoms with E-state index in [0.29, 0.717) is 12.0 Å². The average molecular weight is 212 g/mol. The zero-order chi connectivity index (χ0) is 11.4. The predicted molar refractivity (Wildman–Crippen MR) is 62.2 cm³/mol. The maximum Gasteiger partial charge on any atom is 0.170 e. The molecule has 0 fully saturated rings. The van der Waals surface area contributed by atoms with Gasteiger partial charge in [0.2, 0.25) is 0 Å². The van der Waals surface area contributed by atoms with Crippen LogP contribution in [0.15, 0.2) is 36.4 Å². The van der Waals surface area contributed by atoms with E-state index in [0.717, 1.165) is 17.7 Å². The fraction of sp³-hybridized carbons (Fsp3) is 0.154. The number of benzene rings is 1. The van der Waals surface area contributed by atoms with Crippen molar-refractivity contribution in [2.24, 2.45) is 0 Å². The van der Waals surface area contributed by atoms with Crippen LogP contribution in [0.2, 0.25) is 0 Å². The highest BCUT2D eigenvalue weighted by molar-refractivity contribution is 5.72. The van der Waals surface area contributed by atoms with E-state index < -0.39 is 0 Å². The SMILES string of the molecule is CCc1ccc(-c2ccc(C=O)nn2)cc1. The van der Waals surface area contributed by atoms with Crippen LogP contribution < -0.4 is 0 Å². The Morgan fingerprint density at radius 2 is 1.81 bits per heavy atom. The number of hydrogen-bond donors (Lipinski definition) is 0. The van der Waals surface area contributed by atoms with Gasteiger partial charge in [-0.2, -0.15) is 0 Å². The second kappa shape index (κ2) is 4.66. The Bertz CT molecular complexity index is 474. The molecule has 0 radical (unpaired) electrons. The molecule has 2 aromatic rings. The molecule has 1 aromatic heterocycles. The monoisotopic (exact) mass is 212 g/mol. The van der Waals surface area contributed by atoms with Crippen LogP contribution in [0.3, 0.4) is 0 Å². The fourth-order valence-corrected chi connectivity index (χ4v) is 1.47. The minimum Gasteiger partial charge on any atom is -0.296 e. The van der Waals surface area contributed by atoms with Crippen molar-refractivity contribution in [2.75, 3.05) is 0 Å². The Morgan fingerprint density at radius 3 is 2.31 bits per heavy atom. The van der Waals surface area contributed by atoms with E-state index in [9.17, 15) is 4.79 Å². The van der Waals surface area contributed by atoms with Crippen molar-refractivity contribution in [3.05, 3.63) is 47.7 Å². The molecule has 0 aliphatic carbocycles. The first kappa shape index (κ1) is 10.5. The van der Waals surface area contributed by atoms with Gasteiger partial charge in [0.1, 0.15) is 5.69 Å². The molecule has 3 nitrogen and oxygen atoms in total. The lowest BCUT2D eigenvalue weighted by atomic mass is 10.1. The van der Waals surface area contributed by atoms with E-state index >= 15 is 0 Å². The van der Waals surface area contributed by atoms with Crippen LogP contribution in [0.4, 0.5) is 0 Å². The van der Waals surface area contributed by atoms with Gasteiger partial charge in [-0.3, -0.25) is 4.79 Å². The van der Waals surface area contributed by atoms with Gasteiger partial charge in [-0.25, -0.2) is 0 Å². The normalized spacial score (nSPS) is 10.1. The molecular weight excluding hydrogens is 200 g/mol. The van der Waals surface area contributed by atoms with Crippen molar-refractivity contribution >= 4 is 6.29 Å². The van der Waals surface area contributed by atoms with Crippen molar-refractivity contribution in [3.63, 3.8) is 0 Å². The quantitative estimate of drug-likeness (QED) is 0.734. The van der Waals surface area contributed by atoms with Crippen molar-refractivity contribution in [2.45, 2.75) is 13.3 Å². The first-order valence-electron chi connectivity index (χ1n) is 5.21. The van der Waals surface area contributed by atoms with E-state index in [1.165, 1.54) is 5.56 Å². The number of rotatable bonds is 3. The second-order valence-corrected chi connectivity index (χ2v) is 3.51. The van der Waals surface area contributed by atoms with E-state index in [1.807, 2.05) is 12.1 Å². The van der Waals surface area contributed by atoms with E-state index in [-0.39, 0.29) is 0 Å². The Balaban J connectivity index is 2.31. The standard InChI is InChI=1S/C13H12N2O/c1-2-10-3-5-11(6-4-10)13-8-7-12(9-16)14-15-13/h3-9H,2H2,1H3. The molecule has 1 heterocycles. The van der Waals surface area contributed by atoms with E-state index in [1.54, 1.807) is 12.1 Å². The summed E-state index contributed by atoms with van der Waals surface area (Å²) in [5.74, 6) is 0. The van der Waals surface area contributed by atoms with Crippen molar-refractivity contribution < 1.29 is 4.79 Å². The zero-order valence-electron chi connectivity index (χ0n) is 9.05. The zero-order valence-corrected chi connectivity index (χ0v) is 9.05. The summed E-state index contributed by atoms with van der Waals surface area (Å²) in [7, 11) is 0. The molecule has 0 aliphatic rings. The van der Waals surface area contributed by atoms with Gasteiger partial charge in [0.25, 0.3) is 0 Å². The molecule has 80 valence electrons. The summed E-state index contributed by atoms with van der Waals surface area (Å²) in [6.45, 7) is 2.12. The Hall–Kier alpha value is -2.03. The number of aromatic nitrogens is 2. The summed E-state index contributed by atoms with van der Waals surface area (Å²) in [6, 6.07) is 11.7. The number of aldehydes is 1. The van der Waals surface area contributed by atoms with Crippen LogP contribution in [-0.2, 0) is 6.42 Å². The number of carbonyl (C=O) groups excluding carboxylic acids is 1. The lowest BCUT2D eigenvalue weighted by Gasteiger charge is -2.01. The lowest BCUT2D eigenvalue weighted by molar-refractivity contribution is 0.111. The van der Waals surface area contributed by atoms with Crippen molar-refractivity contribution in [1.29, 1.82) is 0 Å². The molecular formula is C13H12N2O. The second-order valence-electron chi connectivity index (χ2n) is 3.51. The summed E-state index contributed by atoms with van der Waals surface area (Å²) in [5, 5.41) is 7.79. The number of aryl methyl sites for hydroxylation is 1. The van der Waals surface area contributed by atoms with Crippen LogP contribution in [0, 0.1) is 0 Å². The summed E-state index contributed by atoms with van der Waals surface area (Å²) < 4.78 is 0. The maximum atomic E-state index is 10.4. The smallest absolute Gasteiger partial charge is 0.170 e. The third-order valence-corrected chi connectivity index (χ3v) is 2.46. The number of hydrogen-bond acceptors (Lipinski definition) is 3. The fourth-order valence-electron chi connectivity index (χ4n) is 1.47. The Morgan fingerprint density at radius 1 is 1.06 bits per heavy atom. The van der Waals surface area contributed by atoms with E-state index in [2.05, 4.69) is 29.3 Å². The van der Waals surface area contributed by atoms with Gasteiger partial charge in [0.05, 0.1) is 5.69 Å². The van der Waals surface area contributed by atoms with E-state index in [4.69, 9.17) is 0 Å². The topological polar surface area (TPSA) is 42.9 Å². The van der Waals surface area contributed by atoms with Gasteiger partial charge in [-0.15, -0.1) is 10.2 Å². The van der Waals surface area contributed by atoms with Crippen LogP contribution >= 0.6 is 0 Å². The largest absolute Gasteiger partial charge is 0.296 e. The van der Waals surface area contributed by atoms with Crippen LogP contribution in [0.5, 0.6) is 0 Å². The van der Waals surface area contributed by atoms with Crippen molar-refractivity contribution in [3.8, 4) is 11.3 Å². The molecule has 0 spiro atoms. The van der Waals surface area contributed by atoms with Gasteiger partial charge in [-0.05, 0) is 24.1 Å². The molecule has 0 aliphatic heterocycles. The third kappa shape index (κ3) is 2.14. The van der Waals surface area contributed by atoms with Crippen LogP contribution in [0.25, 0.3) is 11.3 Å². The highest BCUT2D eigenvalue weighted by atomic mass is 16.1. The lowest BCUT2D eigenvalue weighted by Crippen LogP contribution is -1.92. The number of nitrogens with zero attached hydrogens (tertiary/aromatic N) is 2. The maximum absolute atomic E-state index is 10.4. The molecule has 0 saturated heterocycles. The van der Waals surface area contributed by atoms with Crippen molar-refractivity contribution in [1.82, 2.24) is 10.2 Å². The molecule has 0 N–H and O–H groups in total. The molecule has 0 saturated carbocycles. The van der Waals surface area contributed by atoms with Gasteiger partial charge in [0.15, 0.2) is 6.29 Å². The third-order valence-electron chi connectivity index (χ3n) is 2.46. The summed E-state index contributed by atoms with van der Waals surface area (Å²) >= 11 is 0. The molecule has 3 heteroatoms. The predicted octanol–water partition coefficient (Wildman–Crippen LogP) is 2.52. The minimum absolute atomic E-state index is 0.355. The Labute approximate surface area is 94.2 Å². The highest BCUT2D eigenvalue weighted by Gasteiger charge is 2.00. The average Bonchev–Trinajstić information content (AvgIpc) is 2.39. The van der Waals surface area contributed by atoms with Crippen LogP contribution in [0.1, 0.15) is 23.0 Å². The van der Waals surface area contributed by atoms with Gasteiger partial charge in [-0.1, -0.05) is 31.2 Å². The first-order valence-corrected chi connectivity index (χ1v) is 5.21. The summed E-state index contributed by atoms with van der Waals surface area (Å²) in [5.41, 5.74) is 3.45. The summed E-state index contributed by atoms with van der Waals surface area (Å²) in [4.78, 5) is 10.4. The molecule has 16 heavy (non-hydrogen) atoms. The van der Waals surface area contributed by atoms with Gasteiger partial charge in [0, 0.05) is 5.56 Å². The molecule has 0 amide bonds. The number of carbonyl (C=O) groups is 1. The van der Waals surface area contributed by atoms with Gasteiger partial charge >= 0.3 is 0 Å². The molecule has 0 unspecified atom stereocenters. The molecule has 0 bridgehead atoms. The van der Waals surface area contributed by atoms with Gasteiger partial charge < -0.3 is 0 Å². The molecule has 1 aromatic carbocycles. The summed E-state index contributed by atoms with van der Waals surface area (Å²) in [6.07, 6.45) is 1.72. The van der Waals surface area contributed by atoms with Crippen LogP contribution in [-0.4, -0.2) is 16.5 Å². The Kier molecular flexibility index (Phi) is 3.05. The molecule has 2 rings (SSSR count). The first-order chi connectivity index (χ1) is 7.83.